The molecule has 0 aliphatic carbocycles. The summed E-state index contributed by atoms with van der Waals surface area (Å²) in [6, 6.07) is 17.2. The van der Waals surface area contributed by atoms with Crippen LogP contribution in [0.1, 0.15) is 11.3 Å². The molecule has 2 nitrogen and oxygen atoms in total. The summed E-state index contributed by atoms with van der Waals surface area (Å²) in [6.07, 6.45) is 0.939. The van der Waals surface area contributed by atoms with Gasteiger partial charge in [0.1, 0.15) is 11.5 Å². The summed E-state index contributed by atoms with van der Waals surface area (Å²) >= 11 is 17.9. The molecular weight excluding hydrogens is 365 g/mol. The van der Waals surface area contributed by atoms with Crippen molar-refractivity contribution in [1.82, 2.24) is 5.32 Å². The lowest BCUT2D eigenvalue weighted by Gasteiger charge is -2.04. The van der Waals surface area contributed by atoms with E-state index in [1.807, 2.05) is 48.5 Å². The van der Waals surface area contributed by atoms with Crippen molar-refractivity contribution >= 4 is 34.8 Å². The van der Waals surface area contributed by atoms with Gasteiger partial charge in [-0.05, 0) is 61.0 Å². The smallest absolute Gasteiger partial charge is 0.134 e. The van der Waals surface area contributed by atoms with Crippen LogP contribution in [0.3, 0.4) is 0 Å². The lowest BCUT2D eigenvalue weighted by atomic mass is 10.1. The maximum Gasteiger partial charge on any atom is 0.134 e. The summed E-state index contributed by atoms with van der Waals surface area (Å²) in [5.74, 6) is 1.63. The van der Waals surface area contributed by atoms with E-state index in [1.165, 1.54) is 5.56 Å². The van der Waals surface area contributed by atoms with Crippen LogP contribution in [0.15, 0.2) is 59.0 Å². The molecule has 24 heavy (non-hydrogen) atoms. The van der Waals surface area contributed by atoms with Crippen molar-refractivity contribution in [3.63, 3.8) is 0 Å². The van der Waals surface area contributed by atoms with Crippen molar-refractivity contribution in [3.8, 4) is 11.3 Å². The molecule has 1 N–H and O–H groups in total. The van der Waals surface area contributed by atoms with E-state index < -0.39 is 0 Å². The van der Waals surface area contributed by atoms with Gasteiger partial charge in [0.25, 0.3) is 0 Å². The molecule has 0 atom stereocenters. The predicted molar refractivity (Wildman–Crippen MR) is 101 cm³/mol. The Kier molecular flexibility index (Phi) is 5.85. The highest BCUT2D eigenvalue weighted by Gasteiger charge is 2.07. The Balaban J connectivity index is 1.53. The first-order chi connectivity index (χ1) is 11.6. The van der Waals surface area contributed by atoms with E-state index >= 15 is 0 Å². The van der Waals surface area contributed by atoms with Gasteiger partial charge in [0, 0.05) is 20.6 Å². The SMILES string of the molecule is Clc1ccc(CCNCc2ccc(-c3cc(Cl)cc(Cl)c3)o2)cc1. The molecule has 0 saturated carbocycles. The van der Waals surface area contributed by atoms with Crippen LogP contribution in [0.25, 0.3) is 11.3 Å². The molecule has 124 valence electrons. The Morgan fingerprint density at radius 2 is 1.50 bits per heavy atom. The fourth-order valence-electron chi connectivity index (χ4n) is 2.42. The molecule has 0 aliphatic rings. The third-order valence-corrected chi connectivity index (χ3v) is 4.30. The number of halogens is 3. The fourth-order valence-corrected chi connectivity index (χ4v) is 3.07. The zero-order chi connectivity index (χ0) is 16.9. The molecule has 0 aliphatic heterocycles. The largest absolute Gasteiger partial charge is 0.460 e. The molecule has 0 fully saturated rings. The van der Waals surface area contributed by atoms with Gasteiger partial charge in [-0.3, -0.25) is 0 Å². The summed E-state index contributed by atoms with van der Waals surface area (Å²) in [6.45, 7) is 1.53. The minimum atomic E-state index is 0.594. The molecule has 0 bridgehead atoms. The second kappa shape index (κ2) is 8.09. The highest BCUT2D eigenvalue weighted by atomic mass is 35.5. The van der Waals surface area contributed by atoms with Gasteiger partial charge in [-0.15, -0.1) is 0 Å². The summed E-state index contributed by atoms with van der Waals surface area (Å²) in [4.78, 5) is 0. The molecule has 0 radical (unpaired) electrons. The van der Waals surface area contributed by atoms with Gasteiger partial charge in [-0.1, -0.05) is 46.9 Å². The third-order valence-electron chi connectivity index (χ3n) is 3.61. The average molecular weight is 381 g/mol. The van der Waals surface area contributed by atoms with Crippen molar-refractivity contribution in [3.05, 3.63) is 81.0 Å². The Hall–Kier alpha value is -1.45. The zero-order valence-corrected chi connectivity index (χ0v) is 15.1. The molecule has 0 amide bonds. The van der Waals surface area contributed by atoms with Crippen LogP contribution >= 0.6 is 34.8 Å². The molecule has 3 rings (SSSR count). The highest BCUT2D eigenvalue weighted by molar-refractivity contribution is 6.35. The maximum atomic E-state index is 6.03. The van der Waals surface area contributed by atoms with Gasteiger partial charge in [0.2, 0.25) is 0 Å². The van der Waals surface area contributed by atoms with Crippen LogP contribution in [0.4, 0.5) is 0 Å². The van der Waals surface area contributed by atoms with E-state index in [0.29, 0.717) is 16.6 Å². The molecule has 1 aromatic heterocycles. The monoisotopic (exact) mass is 379 g/mol. The van der Waals surface area contributed by atoms with Crippen molar-refractivity contribution in [2.45, 2.75) is 13.0 Å². The Bertz CT molecular complexity index is 791. The Labute approximate surface area is 156 Å². The molecule has 0 saturated heterocycles. The predicted octanol–water partition coefficient (Wildman–Crippen LogP) is 6.24. The van der Waals surface area contributed by atoms with Crippen molar-refractivity contribution < 1.29 is 4.42 Å². The first kappa shape index (κ1) is 17.4. The molecule has 3 aromatic rings. The molecule has 0 spiro atoms. The molecule has 5 heteroatoms. The van der Waals surface area contributed by atoms with Crippen LogP contribution in [-0.2, 0) is 13.0 Å². The van der Waals surface area contributed by atoms with Crippen LogP contribution in [0.5, 0.6) is 0 Å². The second-order valence-corrected chi connectivity index (χ2v) is 6.79. The van der Waals surface area contributed by atoms with E-state index in [2.05, 4.69) is 5.32 Å². The van der Waals surface area contributed by atoms with Crippen molar-refractivity contribution in [1.29, 1.82) is 0 Å². The minimum absolute atomic E-state index is 0.594. The third kappa shape index (κ3) is 4.78. The van der Waals surface area contributed by atoms with Gasteiger partial charge in [0.15, 0.2) is 0 Å². The molecular formula is C19H16Cl3NO. The number of hydrogen-bond acceptors (Lipinski definition) is 2. The van der Waals surface area contributed by atoms with Crippen LogP contribution in [-0.4, -0.2) is 6.54 Å². The van der Waals surface area contributed by atoms with Gasteiger partial charge < -0.3 is 9.73 Å². The van der Waals surface area contributed by atoms with E-state index in [4.69, 9.17) is 39.2 Å². The molecule has 1 heterocycles. The lowest BCUT2D eigenvalue weighted by molar-refractivity contribution is 0.495. The van der Waals surface area contributed by atoms with Gasteiger partial charge in [-0.2, -0.15) is 0 Å². The highest BCUT2D eigenvalue weighted by Crippen LogP contribution is 2.28. The van der Waals surface area contributed by atoms with E-state index in [0.717, 1.165) is 35.1 Å². The van der Waals surface area contributed by atoms with Gasteiger partial charge in [0.05, 0.1) is 6.54 Å². The van der Waals surface area contributed by atoms with Crippen LogP contribution in [0, 0.1) is 0 Å². The fraction of sp³-hybridized carbons (Fsp3) is 0.158. The summed E-state index contributed by atoms with van der Waals surface area (Å²) in [5, 5.41) is 5.32. The number of furan rings is 1. The van der Waals surface area contributed by atoms with Crippen molar-refractivity contribution in [2.24, 2.45) is 0 Å². The summed E-state index contributed by atoms with van der Waals surface area (Å²) in [5.41, 5.74) is 2.13. The van der Waals surface area contributed by atoms with Crippen LogP contribution < -0.4 is 5.32 Å². The number of rotatable bonds is 6. The van der Waals surface area contributed by atoms with Crippen molar-refractivity contribution in [2.75, 3.05) is 6.54 Å². The summed E-state index contributed by atoms with van der Waals surface area (Å²) in [7, 11) is 0. The number of hydrogen-bond donors (Lipinski definition) is 1. The molecule has 2 aromatic carbocycles. The standard InChI is InChI=1S/C19H16Cl3NO/c20-15-3-1-13(2-4-15)7-8-23-12-18-5-6-19(24-18)14-9-16(21)11-17(22)10-14/h1-6,9-11,23H,7-8,12H2. The Morgan fingerprint density at radius 3 is 2.21 bits per heavy atom. The lowest BCUT2D eigenvalue weighted by Crippen LogP contribution is -2.16. The normalized spacial score (nSPS) is 11.0. The van der Waals surface area contributed by atoms with Crippen LogP contribution in [0.2, 0.25) is 15.1 Å². The van der Waals surface area contributed by atoms with E-state index in [1.54, 1.807) is 6.07 Å². The topological polar surface area (TPSA) is 25.2 Å². The maximum absolute atomic E-state index is 6.03. The number of nitrogens with one attached hydrogen (secondary N) is 1. The first-order valence-corrected chi connectivity index (χ1v) is 8.74. The van der Waals surface area contributed by atoms with Gasteiger partial charge >= 0.3 is 0 Å². The zero-order valence-electron chi connectivity index (χ0n) is 12.9. The quantitative estimate of drug-likeness (QED) is 0.512. The average Bonchev–Trinajstić information content (AvgIpc) is 3.01. The second-order valence-electron chi connectivity index (χ2n) is 5.48. The number of benzene rings is 2. The Morgan fingerprint density at radius 1 is 0.792 bits per heavy atom. The van der Waals surface area contributed by atoms with E-state index in [-0.39, 0.29) is 0 Å². The van der Waals surface area contributed by atoms with Gasteiger partial charge in [-0.25, -0.2) is 0 Å². The minimum Gasteiger partial charge on any atom is -0.460 e. The van der Waals surface area contributed by atoms with E-state index in [9.17, 15) is 0 Å². The molecule has 0 unspecified atom stereocenters. The summed E-state index contributed by atoms with van der Waals surface area (Å²) < 4.78 is 5.85. The first-order valence-electron chi connectivity index (χ1n) is 7.60.